The third-order valence-corrected chi connectivity index (χ3v) is 5.85. The number of halogens is 3. The van der Waals surface area contributed by atoms with Crippen LogP contribution in [-0.4, -0.2) is 46.9 Å². The molecule has 7 nitrogen and oxygen atoms in total. The molecule has 0 bridgehead atoms. The lowest BCUT2D eigenvalue weighted by Gasteiger charge is -2.34. The number of hydrogen-bond donors (Lipinski definition) is 3. The summed E-state index contributed by atoms with van der Waals surface area (Å²) in [6.45, 7) is 5.49. The summed E-state index contributed by atoms with van der Waals surface area (Å²) in [4.78, 5) is 26.1. The molecule has 1 fully saturated rings. The van der Waals surface area contributed by atoms with E-state index in [1.54, 1.807) is 6.07 Å². The quantitative estimate of drug-likeness (QED) is 0.545. The summed E-state index contributed by atoms with van der Waals surface area (Å²) in [5, 5.41) is 10.6. The van der Waals surface area contributed by atoms with Gasteiger partial charge < -0.3 is 16.0 Å². The summed E-state index contributed by atoms with van der Waals surface area (Å²) in [7, 11) is 0. The van der Waals surface area contributed by atoms with Gasteiger partial charge in [-0.15, -0.1) is 24.8 Å². The van der Waals surface area contributed by atoms with Crippen LogP contribution in [-0.2, 0) is 0 Å². The highest BCUT2D eigenvalue weighted by atomic mass is 35.5. The molecule has 2 heterocycles. The van der Waals surface area contributed by atoms with E-state index in [0.29, 0.717) is 29.2 Å². The van der Waals surface area contributed by atoms with Gasteiger partial charge in [-0.25, -0.2) is 14.4 Å². The third kappa shape index (κ3) is 6.90. The Hall–Kier alpha value is -2.19. The number of aliphatic imine (C=N–C) groups is 1. The molecule has 0 spiro atoms. The summed E-state index contributed by atoms with van der Waals surface area (Å²) in [6, 6.07) is 4.73. The zero-order valence-electron chi connectivity index (χ0n) is 19.1. The van der Waals surface area contributed by atoms with Crippen LogP contribution in [0.5, 0.6) is 0 Å². The second-order valence-corrected chi connectivity index (χ2v) is 8.88. The third-order valence-electron chi connectivity index (χ3n) is 5.85. The number of carbonyl (C=O) groups excluding carboxylic acids is 1. The molecule has 33 heavy (non-hydrogen) atoms. The van der Waals surface area contributed by atoms with Crippen LogP contribution in [0, 0.1) is 11.7 Å². The highest BCUT2D eigenvalue weighted by molar-refractivity contribution is 5.96. The molecule has 3 N–H and O–H groups in total. The lowest BCUT2D eigenvalue weighted by molar-refractivity contribution is 0.0939. The van der Waals surface area contributed by atoms with E-state index in [4.69, 9.17) is 0 Å². The van der Waals surface area contributed by atoms with Crippen molar-refractivity contribution in [1.29, 1.82) is 0 Å². The number of anilines is 1. The number of amides is 1. The minimum Gasteiger partial charge on any atom is -0.369 e. The highest BCUT2D eigenvalue weighted by Gasteiger charge is 2.28. The number of aromatic nitrogens is 2. The Morgan fingerprint density at radius 2 is 1.82 bits per heavy atom. The Balaban J connectivity index is 0.00000193. The fourth-order valence-electron chi connectivity index (χ4n) is 4.21. The molecule has 2 aliphatic rings. The number of nitrogens with zero attached hydrogens (tertiary/aromatic N) is 3. The highest BCUT2D eigenvalue weighted by Crippen LogP contribution is 2.27. The zero-order chi connectivity index (χ0) is 21.8. The lowest BCUT2D eigenvalue weighted by Crippen LogP contribution is -2.48. The molecule has 1 aliphatic carbocycles. The molecule has 0 unspecified atom stereocenters. The van der Waals surface area contributed by atoms with Gasteiger partial charge in [0.05, 0.1) is 11.4 Å². The number of hydrogen-bond acceptors (Lipinski definition) is 6. The van der Waals surface area contributed by atoms with Crippen LogP contribution in [0.2, 0.25) is 0 Å². The molecule has 0 radical (unpaired) electrons. The second-order valence-electron chi connectivity index (χ2n) is 8.88. The Morgan fingerprint density at radius 3 is 2.48 bits per heavy atom. The number of rotatable bonds is 6. The Kier molecular flexibility index (Phi) is 10.1. The van der Waals surface area contributed by atoms with Gasteiger partial charge in [0.25, 0.3) is 5.91 Å². The maximum atomic E-state index is 14.0. The van der Waals surface area contributed by atoms with E-state index < -0.39 is 0 Å². The van der Waals surface area contributed by atoms with Crippen LogP contribution in [0.25, 0.3) is 10.9 Å². The molecule has 10 heteroatoms. The first-order valence-electron chi connectivity index (χ1n) is 11.3. The van der Waals surface area contributed by atoms with Crippen molar-refractivity contribution in [2.45, 2.75) is 64.5 Å². The molecule has 1 aliphatic heterocycles. The number of benzene rings is 1. The van der Waals surface area contributed by atoms with E-state index in [9.17, 15) is 9.18 Å². The maximum Gasteiger partial charge on any atom is 0.289 e. The van der Waals surface area contributed by atoms with Crippen molar-refractivity contribution >= 4 is 53.3 Å². The molecule has 1 saturated carbocycles. The standard InChI is InChI=1S/C23H31FN6O.2ClH/c1-14(2)13-26-23(31)22-28-17-10-9-15(24)12-16(17)21(30-22)29-19-7-4-3-6-18(19)27-20-8-5-11-25-20;;/h9-10,12,14,18-19H,3-8,11,13H2,1-2H3,(H,25,27)(H,26,31)(H,28,29,30);2*1H/t18-,19+;;/m1../s1. The second kappa shape index (κ2) is 12.3. The molecule has 1 aromatic heterocycles. The molecule has 2 atom stereocenters. The summed E-state index contributed by atoms with van der Waals surface area (Å²) in [6.07, 6.45) is 6.37. The first-order chi connectivity index (χ1) is 15.0. The van der Waals surface area contributed by atoms with Crippen LogP contribution in [0.3, 0.4) is 0 Å². The van der Waals surface area contributed by atoms with Crippen LogP contribution in [0.4, 0.5) is 10.2 Å². The van der Waals surface area contributed by atoms with Gasteiger partial charge in [0, 0.05) is 37.0 Å². The topological polar surface area (TPSA) is 91.3 Å². The van der Waals surface area contributed by atoms with Gasteiger partial charge in [-0.05, 0) is 43.4 Å². The van der Waals surface area contributed by atoms with E-state index in [1.165, 1.54) is 12.1 Å². The Morgan fingerprint density at radius 1 is 1.09 bits per heavy atom. The first-order valence-corrected chi connectivity index (χ1v) is 11.3. The number of nitrogens with one attached hydrogen (secondary N) is 3. The summed E-state index contributed by atoms with van der Waals surface area (Å²) < 4.78 is 14.0. The SMILES string of the molecule is CC(C)CNC(=O)c1nc(N[C@H]2CCCC[C@H]2NC2=NCCC2)c2cc(F)ccc2n1.Cl.Cl. The Bertz CT molecular complexity index is 987. The molecular weight excluding hydrogens is 466 g/mol. The molecule has 0 saturated heterocycles. The van der Waals surface area contributed by atoms with E-state index in [0.717, 1.165) is 50.9 Å². The summed E-state index contributed by atoms with van der Waals surface area (Å²) in [5.74, 6) is 1.33. The van der Waals surface area contributed by atoms with Crippen molar-refractivity contribution in [2.75, 3.05) is 18.4 Å². The average Bonchev–Trinajstić information content (AvgIpc) is 3.26. The van der Waals surface area contributed by atoms with Crippen LogP contribution < -0.4 is 16.0 Å². The van der Waals surface area contributed by atoms with Crippen LogP contribution in [0.15, 0.2) is 23.2 Å². The van der Waals surface area contributed by atoms with Crippen LogP contribution in [0.1, 0.15) is 63.0 Å². The molecule has 182 valence electrons. The van der Waals surface area contributed by atoms with Gasteiger partial charge in [0.2, 0.25) is 5.82 Å². The molecule has 2 aromatic rings. The van der Waals surface area contributed by atoms with Crippen molar-refractivity contribution in [3.05, 3.63) is 29.8 Å². The average molecular weight is 499 g/mol. The maximum absolute atomic E-state index is 14.0. The predicted octanol–water partition coefficient (Wildman–Crippen LogP) is 4.50. The largest absolute Gasteiger partial charge is 0.369 e. The van der Waals surface area contributed by atoms with E-state index >= 15 is 0 Å². The molecular formula is C23H33Cl2FN6O. The van der Waals surface area contributed by atoms with Gasteiger partial charge in [-0.2, -0.15) is 0 Å². The summed E-state index contributed by atoms with van der Waals surface area (Å²) in [5.41, 5.74) is 0.550. The van der Waals surface area contributed by atoms with Gasteiger partial charge in [-0.1, -0.05) is 26.7 Å². The fraction of sp³-hybridized carbons (Fsp3) is 0.565. The number of carbonyl (C=O) groups is 1. The van der Waals surface area contributed by atoms with Gasteiger partial charge in [0.15, 0.2) is 0 Å². The minimum atomic E-state index is -0.352. The normalized spacial score (nSPS) is 19.9. The number of amidine groups is 1. The number of fused-ring (bicyclic) bond motifs is 1. The van der Waals surface area contributed by atoms with Crippen molar-refractivity contribution in [3.63, 3.8) is 0 Å². The van der Waals surface area contributed by atoms with E-state index in [-0.39, 0.29) is 54.4 Å². The van der Waals surface area contributed by atoms with Crippen molar-refractivity contribution in [2.24, 2.45) is 10.9 Å². The van der Waals surface area contributed by atoms with Gasteiger partial charge >= 0.3 is 0 Å². The van der Waals surface area contributed by atoms with Gasteiger partial charge in [0.1, 0.15) is 11.6 Å². The fourth-order valence-corrected chi connectivity index (χ4v) is 4.21. The minimum absolute atomic E-state index is 0. The molecule has 4 rings (SSSR count). The van der Waals surface area contributed by atoms with Crippen molar-refractivity contribution < 1.29 is 9.18 Å². The van der Waals surface area contributed by atoms with Gasteiger partial charge in [-0.3, -0.25) is 9.79 Å². The van der Waals surface area contributed by atoms with E-state index in [2.05, 4.69) is 30.9 Å². The molecule has 1 aromatic carbocycles. The van der Waals surface area contributed by atoms with Crippen molar-refractivity contribution in [1.82, 2.24) is 20.6 Å². The lowest BCUT2D eigenvalue weighted by atomic mass is 9.90. The summed E-state index contributed by atoms with van der Waals surface area (Å²) >= 11 is 0. The molecule has 1 amide bonds. The monoisotopic (exact) mass is 498 g/mol. The van der Waals surface area contributed by atoms with E-state index in [1.807, 2.05) is 13.8 Å². The Labute approximate surface area is 206 Å². The van der Waals surface area contributed by atoms with Crippen molar-refractivity contribution in [3.8, 4) is 0 Å². The smallest absolute Gasteiger partial charge is 0.289 e. The zero-order valence-corrected chi connectivity index (χ0v) is 20.7. The van der Waals surface area contributed by atoms with Crippen LogP contribution >= 0.6 is 24.8 Å². The first kappa shape index (κ1) is 27.1. The predicted molar refractivity (Wildman–Crippen MR) is 136 cm³/mol.